The highest BCUT2D eigenvalue weighted by Gasteiger charge is 2.46. The normalized spacial score (nSPS) is 25.3. The number of fused-ring (bicyclic) bond motifs is 1. The van der Waals surface area contributed by atoms with Gasteiger partial charge in [-0.05, 0) is 37.5 Å². The number of hydrogen-bond acceptors (Lipinski definition) is 2. The lowest BCUT2D eigenvalue weighted by Crippen LogP contribution is -2.45. The van der Waals surface area contributed by atoms with Gasteiger partial charge in [0.05, 0.1) is 18.1 Å². The Bertz CT molecular complexity index is 824. The molecular weight excluding hydrogens is 331 g/mol. The first kappa shape index (κ1) is 16.8. The van der Waals surface area contributed by atoms with Crippen LogP contribution in [0.3, 0.4) is 0 Å². The van der Waals surface area contributed by atoms with Crippen LogP contribution in [0.1, 0.15) is 47.6 Å². The van der Waals surface area contributed by atoms with Crippen molar-refractivity contribution in [3.05, 3.63) is 71.5 Å². The topological polar surface area (TPSA) is 49.4 Å². The molecule has 1 N–H and O–H groups in total. The molecule has 0 saturated carbocycles. The minimum atomic E-state index is -0.377. The molecule has 5 heteroatoms. The maximum Gasteiger partial charge on any atom is 0.254 e. The van der Waals surface area contributed by atoms with Gasteiger partial charge in [0.2, 0.25) is 5.91 Å². The van der Waals surface area contributed by atoms with Gasteiger partial charge < -0.3 is 10.2 Å². The molecule has 2 amide bonds. The molecule has 0 bridgehead atoms. The molecule has 2 aliphatic heterocycles. The van der Waals surface area contributed by atoms with Gasteiger partial charge in [-0.15, -0.1) is 0 Å². The summed E-state index contributed by atoms with van der Waals surface area (Å²) in [5, 5.41) is 3.04. The minimum Gasteiger partial charge on any atom is -0.351 e. The predicted octanol–water partition coefficient (Wildman–Crippen LogP) is 3.45. The molecule has 2 saturated heterocycles. The van der Waals surface area contributed by atoms with E-state index in [1.807, 2.05) is 18.2 Å². The molecule has 0 aromatic heterocycles. The Morgan fingerprint density at radius 3 is 2.58 bits per heavy atom. The van der Waals surface area contributed by atoms with Crippen molar-refractivity contribution < 1.29 is 14.0 Å². The van der Waals surface area contributed by atoms with Gasteiger partial charge >= 0.3 is 0 Å². The van der Waals surface area contributed by atoms with Gasteiger partial charge in [0.25, 0.3) is 5.91 Å². The van der Waals surface area contributed by atoms with E-state index in [0.717, 1.165) is 12.8 Å². The number of nitrogens with one attached hydrogen (secondary N) is 1. The Morgan fingerprint density at radius 1 is 1.08 bits per heavy atom. The summed E-state index contributed by atoms with van der Waals surface area (Å²) in [6.07, 6.45) is 2.49. The second-order valence-corrected chi connectivity index (χ2v) is 6.99. The average molecular weight is 352 g/mol. The Morgan fingerprint density at radius 2 is 1.81 bits per heavy atom. The number of amides is 2. The van der Waals surface area contributed by atoms with Gasteiger partial charge in [-0.2, -0.15) is 0 Å². The van der Waals surface area contributed by atoms with Crippen LogP contribution < -0.4 is 5.32 Å². The highest BCUT2D eigenvalue weighted by Crippen LogP contribution is 2.41. The SMILES string of the molecule is O=C1CCC[C@H]2[C@@H](C[C@@H](c3ccccc3F)N2C(=O)c2ccccc2)N1. The van der Waals surface area contributed by atoms with Crippen LogP contribution >= 0.6 is 0 Å². The quantitative estimate of drug-likeness (QED) is 0.900. The van der Waals surface area contributed by atoms with Gasteiger partial charge in [0.15, 0.2) is 0 Å². The third kappa shape index (κ3) is 2.98. The molecule has 0 unspecified atom stereocenters. The van der Waals surface area contributed by atoms with E-state index in [1.54, 1.807) is 35.2 Å². The highest BCUT2D eigenvalue weighted by atomic mass is 19.1. The second kappa shape index (κ2) is 6.90. The van der Waals surface area contributed by atoms with Crippen molar-refractivity contribution in [1.82, 2.24) is 10.2 Å². The van der Waals surface area contributed by atoms with Crippen molar-refractivity contribution in [2.24, 2.45) is 0 Å². The van der Waals surface area contributed by atoms with Crippen LogP contribution in [0.2, 0.25) is 0 Å². The van der Waals surface area contributed by atoms with Crippen molar-refractivity contribution in [3.8, 4) is 0 Å². The Hall–Kier alpha value is -2.69. The van der Waals surface area contributed by atoms with Crippen LogP contribution in [0.25, 0.3) is 0 Å². The molecule has 26 heavy (non-hydrogen) atoms. The number of hydrogen-bond donors (Lipinski definition) is 1. The highest BCUT2D eigenvalue weighted by molar-refractivity contribution is 5.95. The Balaban J connectivity index is 1.75. The standard InChI is InChI=1S/C21H21FN2O2/c22-16-10-5-4-9-15(16)19-13-17-18(11-6-12-20(25)23-17)24(19)21(26)14-7-2-1-3-8-14/h1-5,7-10,17-19H,6,11-13H2,(H,23,25)/t17-,18+,19+/m1/s1. The largest absolute Gasteiger partial charge is 0.351 e. The number of benzene rings is 2. The van der Waals surface area contributed by atoms with Gasteiger partial charge in [0, 0.05) is 17.5 Å². The molecule has 4 nitrogen and oxygen atoms in total. The van der Waals surface area contributed by atoms with Crippen LogP contribution in [0, 0.1) is 5.82 Å². The maximum absolute atomic E-state index is 14.5. The van der Waals surface area contributed by atoms with Crippen molar-refractivity contribution >= 4 is 11.8 Å². The number of carbonyl (C=O) groups is 2. The van der Waals surface area contributed by atoms with Crippen LogP contribution in [0.4, 0.5) is 4.39 Å². The zero-order chi connectivity index (χ0) is 18.1. The molecule has 2 heterocycles. The summed E-state index contributed by atoms with van der Waals surface area (Å²) in [6.45, 7) is 0. The van der Waals surface area contributed by atoms with E-state index in [-0.39, 0.29) is 35.8 Å². The van der Waals surface area contributed by atoms with E-state index in [4.69, 9.17) is 0 Å². The van der Waals surface area contributed by atoms with E-state index < -0.39 is 0 Å². The molecule has 0 aliphatic carbocycles. The summed E-state index contributed by atoms with van der Waals surface area (Å²) in [6, 6.07) is 15.1. The van der Waals surface area contributed by atoms with Crippen molar-refractivity contribution in [2.75, 3.05) is 0 Å². The van der Waals surface area contributed by atoms with E-state index in [1.165, 1.54) is 6.07 Å². The van der Waals surface area contributed by atoms with Gasteiger partial charge in [-0.1, -0.05) is 36.4 Å². The van der Waals surface area contributed by atoms with Crippen LogP contribution in [0.5, 0.6) is 0 Å². The number of likely N-dealkylation sites (tertiary alicyclic amines) is 1. The fraction of sp³-hybridized carbons (Fsp3) is 0.333. The Kier molecular flexibility index (Phi) is 4.45. The molecule has 2 fully saturated rings. The fourth-order valence-electron chi connectivity index (χ4n) is 4.23. The van der Waals surface area contributed by atoms with E-state index in [9.17, 15) is 14.0 Å². The maximum atomic E-state index is 14.5. The summed E-state index contributed by atoms with van der Waals surface area (Å²) in [5.74, 6) is -0.410. The van der Waals surface area contributed by atoms with Gasteiger partial charge in [0.1, 0.15) is 5.82 Å². The Labute approximate surface area is 152 Å². The second-order valence-electron chi connectivity index (χ2n) is 6.99. The van der Waals surface area contributed by atoms with Crippen LogP contribution in [0.15, 0.2) is 54.6 Å². The van der Waals surface area contributed by atoms with Gasteiger partial charge in [-0.25, -0.2) is 4.39 Å². The summed E-state index contributed by atoms with van der Waals surface area (Å²) < 4.78 is 14.5. The third-order valence-corrected chi connectivity index (χ3v) is 5.40. The first-order valence-corrected chi connectivity index (χ1v) is 9.06. The molecule has 2 aromatic rings. The lowest BCUT2D eigenvalue weighted by molar-refractivity contribution is -0.121. The summed E-state index contributed by atoms with van der Waals surface area (Å²) in [4.78, 5) is 27.1. The third-order valence-electron chi connectivity index (χ3n) is 5.40. The number of halogens is 1. The molecule has 0 radical (unpaired) electrons. The zero-order valence-corrected chi connectivity index (χ0v) is 14.4. The molecule has 4 rings (SSSR count). The molecular formula is C21H21FN2O2. The minimum absolute atomic E-state index is 0.0128. The lowest BCUT2D eigenvalue weighted by Gasteiger charge is -2.31. The van der Waals surface area contributed by atoms with Gasteiger partial charge in [-0.3, -0.25) is 9.59 Å². The summed E-state index contributed by atoms with van der Waals surface area (Å²) in [5.41, 5.74) is 1.10. The van der Waals surface area contributed by atoms with Crippen molar-refractivity contribution in [2.45, 2.75) is 43.8 Å². The smallest absolute Gasteiger partial charge is 0.254 e. The first-order chi connectivity index (χ1) is 12.6. The van der Waals surface area contributed by atoms with Crippen molar-refractivity contribution in [3.63, 3.8) is 0 Å². The van der Waals surface area contributed by atoms with E-state index in [0.29, 0.717) is 24.0 Å². The lowest BCUT2D eigenvalue weighted by atomic mass is 10.0. The van der Waals surface area contributed by atoms with E-state index in [2.05, 4.69) is 5.32 Å². The summed E-state index contributed by atoms with van der Waals surface area (Å²) in [7, 11) is 0. The molecule has 2 aromatic carbocycles. The zero-order valence-electron chi connectivity index (χ0n) is 14.4. The average Bonchev–Trinajstić information content (AvgIpc) is 2.89. The fourth-order valence-corrected chi connectivity index (χ4v) is 4.23. The summed E-state index contributed by atoms with van der Waals surface area (Å²) >= 11 is 0. The molecule has 2 aliphatic rings. The number of rotatable bonds is 2. The first-order valence-electron chi connectivity index (χ1n) is 9.06. The molecule has 3 atom stereocenters. The van der Waals surface area contributed by atoms with Crippen LogP contribution in [-0.4, -0.2) is 28.8 Å². The van der Waals surface area contributed by atoms with Crippen molar-refractivity contribution in [1.29, 1.82) is 0 Å². The molecule has 134 valence electrons. The number of nitrogens with zero attached hydrogens (tertiary/aromatic N) is 1. The monoisotopic (exact) mass is 352 g/mol. The van der Waals surface area contributed by atoms with E-state index >= 15 is 0 Å². The predicted molar refractivity (Wildman–Crippen MR) is 95.9 cm³/mol. The molecule has 0 spiro atoms. The number of carbonyl (C=O) groups excluding carboxylic acids is 2. The van der Waals surface area contributed by atoms with Crippen LogP contribution in [-0.2, 0) is 4.79 Å².